The summed E-state index contributed by atoms with van der Waals surface area (Å²) < 4.78 is 6.29. The highest BCUT2D eigenvalue weighted by Crippen LogP contribution is 2.30. The van der Waals surface area contributed by atoms with E-state index >= 15 is 0 Å². The van der Waals surface area contributed by atoms with Gasteiger partial charge in [-0.15, -0.1) is 0 Å². The van der Waals surface area contributed by atoms with Gasteiger partial charge in [0.05, 0.1) is 0 Å². The lowest BCUT2D eigenvalue weighted by atomic mass is 10.2. The molecule has 0 aliphatic rings. The molecule has 1 rings (SSSR count). The van der Waals surface area contributed by atoms with Crippen molar-refractivity contribution in [2.75, 3.05) is 0 Å². The Hall–Kier alpha value is -0.603. The molecule has 0 aliphatic carbocycles. The van der Waals surface area contributed by atoms with Crippen LogP contribution in [0.3, 0.4) is 0 Å². The molecule has 0 amide bonds. The van der Waals surface area contributed by atoms with Gasteiger partial charge in [-0.2, -0.15) is 0 Å². The van der Waals surface area contributed by atoms with Crippen molar-refractivity contribution in [3.05, 3.63) is 30.3 Å². The molecule has 16 heavy (non-hydrogen) atoms. The van der Waals surface area contributed by atoms with Gasteiger partial charge in [-0.3, -0.25) is 0 Å². The Balaban J connectivity index is 2.98. The van der Waals surface area contributed by atoms with Crippen molar-refractivity contribution in [3.63, 3.8) is 0 Å². The fourth-order valence-corrected chi connectivity index (χ4v) is 3.94. The molecule has 0 aliphatic heterocycles. The number of hydrogen-bond donors (Lipinski definition) is 0. The van der Waals surface area contributed by atoms with Crippen LogP contribution < -0.4 is 5.19 Å². The van der Waals surface area contributed by atoms with Gasteiger partial charge in [0.25, 0.3) is 9.04 Å². The highest BCUT2D eigenvalue weighted by Gasteiger charge is 2.34. The van der Waals surface area contributed by atoms with Crippen LogP contribution in [-0.2, 0) is 4.43 Å². The summed E-state index contributed by atoms with van der Waals surface area (Å²) in [6.07, 6.45) is 0. The Kier molecular flexibility index (Phi) is 3.97. The second-order valence-corrected chi connectivity index (χ2v) is 9.10. The van der Waals surface area contributed by atoms with E-state index in [0.29, 0.717) is 0 Å². The lowest BCUT2D eigenvalue weighted by Gasteiger charge is -2.34. The number of rotatable bonds is 2. The van der Waals surface area contributed by atoms with Crippen LogP contribution in [0.4, 0.5) is 0 Å². The second kappa shape index (κ2) is 4.72. The van der Waals surface area contributed by atoms with Crippen LogP contribution in [0.5, 0.6) is 0 Å². The van der Waals surface area contributed by atoms with Crippen molar-refractivity contribution < 1.29 is 4.43 Å². The summed E-state index contributed by atoms with van der Waals surface area (Å²) in [6, 6.07) is 10.6. The minimum Gasteiger partial charge on any atom is -0.407 e. The van der Waals surface area contributed by atoms with Gasteiger partial charge >= 0.3 is 0 Å². The average molecular weight is 235 g/mol. The van der Waals surface area contributed by atoms with Gasteiger partial charge in [0.1, 0.15) is 0 Å². The second-order valence-electron chi connectivity index (χ2n) is 6.16. The minimum atomic E-state index is -0.995. The smallest absolute Gasteiger partial charge is 0.253 e. The molecule has 89 valence electrons. The predicted octanol–water partition coefficient (Wildman–Crippen LogP) is 3.50. The van der Waals surface area contributed by atoms with Crippen LogP contribution in [0.25, 0.3) is 0 Å². The van der Waals surface area contributed by atoms with Crippen molar-refractivity contribution in [2.24, 2.45) is 0 Å². The van der Waals surface area contributed by atoms with Crippen LogP contribution in [0.15, 0.2) is 30.3 Å². The summed E-state index contributed by atoms with van der Waals surface area (Å²) in [6.45, 7) is 13.2. The minimum absolute atomic E-state index is 0.0720. The fourth-order valence-electron chi connectivity index (χ4n) is 1.54. The largest absolute Gasteiger partial charge is 0.407 e. The predicted molar refractivity (Wildman–Crippen MR) is 72.4 cm³/mol. The third-order valence-electron chi connectivity index (χ3n) is 2.13. The van der Waals surface area contributed by atoms with Crippen molar-refractivity contribution in [1.29, 1.82) is 0 Å². The number of benzene rings is 1. The zero-order valence-corrected chi connectivity index (χ0v) is 12.3. The van der Waals surface area contributed by atoms with Gasteiger partial charge in [0.2, 0.25) is 0 Å². The molecule has 0 heterocycles. The van der Waals surface area contributed by atoms with Crippen LogP contribution >= 0.6 is 0 Å². The molecule has 0 unspecified atom stereocenters. The average Bonchev–Trinajstić information content (AvgIpc) is 2.13. The molecule has 0 spiro atoms. The van der Waals surface area contributed by atoms with Gasteiger partial charge in [-0.1, -0.05) is 51.1 Å². The van der Waals surface area contributed by atoms with E-state index in [-0.39, 0.29) is 10.6 Å². The van der Waals surface area contributed by atoms with Crippen molar-refractivity contribution in [1.82, 2.24) is 0 Å². The van der Waals surface area contributed by atoms with E-state index in [0.717, 1.165) is 0 Å². The topological polar surface area (TPSA) is 9.23 Å². The lowest BCUT2D eigenvalue weighted by molar-refractivity contribution is 0.125. The van der Waals surface area contributed by atoms with E-state index in [9.17, 15) is 0 Å². The molecule has 1 nitrogen and oxygen atoms in total. The quantitative estimate of drug-likeness (QED) is 0.713. The Morgan fingerprint density at radius 1 is 0.875 bits per heavy atom. The molecule has 1 aromatic carbocycles. The highest BCUT2D eigenvalue weighted by atomic mass is 28.3. The monoisotopic (exact) mass is 235 g/mol. The Labute approximate surface area is 102 Å². The van der Waals surface area contributed by atoms with Gasteiger partial charge in [0, 0.05) is 5.60 Å². The van der Waals surface area contributed by atoms with Gasteiger partial charge < -0.3 is 4.43 Å². The third kappa shape index (κ3) is 4.10. The summed E-state index contributed by atoms with van der Waals surface area (Å²) in [4.78, 5) is 0. The van der Waals surface area contributed by atoms with Crippen molar-refractivity contribution in [3.8, 4) is 0 Å². The van der Waals surface area contributed by atoms with E-state index in [1.54, 1.807) is 0 Å². The SMILES string of the molecule is CC(C)(C)O[Si](c1ccccc1)C(C)(C)C. The molecule has 0 N–H and O–H groups in total. The Morgan fingerprint density at radius 3 is 1.75 bits per heavy atom. The van der Waals surface area contributed by atoms with E-state index in [1.165, 1.54) is 5.19 Å². The summed E-state index contributed by atoms with van der Waals surface area (Å²) in [5.74, 6) is 0. The third-order valence-corrected chi connectivity index (χ3v) is 5.16. The Bertz CT molecular complexity index is 319. The zero-order chi connectivity index (χ0) is 12.4. The van der Waals surface area contributed by atoms with E-state index in [2.05, 4.69) is 71.9 Å². The molecule has 0 bridgehead atoms. The fraction of sp³-hybridized carbons (Fsp3) is 0.571. The molecule has 1 radical (unpaired) electrons. The normalized spacial score (nSPS) is 13.2. The maximum atomic E-state index is 6.29. The molecule has 2 heteroatoms. The maximum absolute atomic E-state index is 6.29. The molecule has 0 saturated heterocycles. The standard InChI is InChI=1S/C14H23OSi/c1-13(2,3)15-16(14(4,5)6)12-10-8-7-9-11-12/h7-11H,1-6H3. The van der Waals surface area contributed by atoms with E-state index in [1.807, 2.05) is 0 Å². The molecular formula is C14H23OSi. The molecule has 0 saturated carbocycles. The first-order valence-electron chi connectivity index (χ1n) is 5.82. The lowest BCUT2D eigenvalue weighted by Crippen LogP contribution is -2.46. The Morgan fingerprint density at radius 2 is 1.38 bits per heavy atom. The highest BCUT2D eigenvalue weighted by molar-refractivity contribution is 6.70. The summed E-state index contributed by atoms with van der Waals surface area (Å²) in [5, 5.41) is 1.56. The molecule has 0 atom stereocenters. The zero-order valence-electron chi connectivity index (χ0n) is 11.3. The summed E-state index contributed by atoms with van der Waals surface area (Å²) in [7, 11) is -0.995. The molecule has 0 aromatic heterocycles. The van der Waals surface area contributed by atoms with Crippen LogP contribution in [0.2, 0.25) is 5.04 Å². The van der Waals surface area contributed by atoms with E-state index in [4.69, 9.17) is 4.43 Å². The van der Waals surface area contributed by atoms with E-state index < -0.39 is 9.04 Å². The van der Waals surface area contributed by atoms with Crippen LogP contribution in [0, 0.1) is 0 Å². The van der Waals surface area contributed by atoms with Crippen molar-refractivity contribution in [2.45, 2.75) is 52.2 Å². The van der Waals surface area contributed by atoms with Gasteiger partial charge in [-0.25, -0.2) is 0 Å². The molecular weight excluding hydrogens is 212 g/mol. The first-order chi connectivity index (χ1) is 7.20. The van der Waals surface area contributed by atoms with Gasteiger partial charge in [-0.05, 0) is 31.0 Å². The maximum Gasteiger partial charge on any atom is 0.253 e. The first kappa shape index (κ1) is 13.5. The first-order valence-corrected chi connectivity index (χ1v) is 7.23. The number of hydrogen-bond acceptors (Lipinski definition) is 1. The summed E-state index contributed by atoms with van der Waals surface area (Å²) in [5.41, 5.74) is -0.0720. The van der Waals surface area contributed by atoms with Crippen molar-refractivity contribution >= 4 is 14.2 Å². The molecule has 1 aromatic rings. The summed E-state index contributed by atoms with van der Waals surface area (Å²) >= 11 is 0. The van der Waals surface area contributed by atoms with Crippen LogP contribution in [-0.4, -0.2) is 14.6 Å². The van der Waals surface area contributed by atoms with Crippen LogP contribution in [0.1, 0.15) is 41.5 Å². The molecule has 0 fully saturated rings. The van der Waals surface area contributed by atoms with Gasteiger partial charge in [0.15, 0.2) is 0 Å².